The maximum absolute atomic E-state index is 12.9. The summed E-state index contributed by atoms with van der Waals surface area (Å²) in [7, 11) is 0. The molecule has 1 atom stereocenters. The van der Waals surface area contributed by atoms with Gasteiger partial charge in [-0.15, -0.1) is 11.7 Å². The number of hydrogen-bond donors (Lipinski definition) is 1. The SMILES string of the molecule is C=CCSC1=NN2C(=c3ccccc3=N[C@H]2c2cccc(Cl)c2Cl)C(=O)N1. The molecule has 2 aromatic rings. The number of carbonyl (C=O) groups excluding carboxylic acids is 1. The van der Waals surface area contributed by atoms with E-state index in [1.807, 2.05) is 30.3 Å². The maximum atomic E-state index is 12.9. The third-order valence-corrected chi connectivity index (χ3v) is 5.81. The molecule has 0 spiro atoms. The minimum atomic E-state index is -0.591. The minimum Gasteiger partial charge on any atom is -0.298 e. The molecule has 8 heteroatoms. The number of carbonyl (C=O) groups is 1. The van der Waals surface area contributed by atoms with E-state index in [9.17, 15) is 4.79 Å². The Morgan fingerprint density at radius 2 is 2.04 bits per heavy atom. The summed E-state index contributed by atoms with van der Waals surface area (Å²) in [5.74, 6) is 0.389. The lowest BCUT2D eigenvalue weighted by molar-refractivity contribution is -0.116. The third-order valence-electron chi connectivity index (χ3n) is 4.11. The largest absolute Gasteiger partial charge is 0.298 e. The van der Waals surface area contributed by atoms with Crippen LogP contribution >= 0.6 is 35.0 Å². The van der Waals surface area contributed by atoms with Gasteiger partial charge in [0.25, 0.3) is 5.91 Å². The zero-order valence-electron chi connectivity index (χ0n) is 14.0. The molecule has 0 bridgehead atoms. The van der Waals surface area contributed by atoms with E-state index in [-0.39, 0.29) is 5.91 Å². The molecule has 0 fully saturated rings. The molecule has 2 heterocycles. The van der Waals surface area contributed by atoms with Gasteiger partial charge in [0.1, 0.15) is 5.70 Å². The number of hydrogen-bond acceptors (Lipinski definition) is 5. The van der Waals surface area contributed by atoms with E-state index in [1.165, 1.54) is 11.8 Å². The first-order valence-corrected chi connectivity index (χ1v) is 9.88. The highest BCUT2D eigenvalue weighted by Crippen LogP contribution is 2.37. The highest BCUT2D eigenvalue weighted by Gasteiger charge is 2.35. The van der Waals surface area contributed by atoms with Crippen LogP contribution in [0.2, 0.25) is 10.0 Å². The number of amides is 1. The normalized spacial score (nSPS) is 18.1. The second kappa shape index (κ2) is 7.38. The minimum absolute atomic E-state index is 0.234. The summed E-state index contributed by atoms with van der Waals surface area (Å²) < 4.78 is 0. The number of fused-ring (bicyclic) bond motifs is 2. The van der Waals surface area contributed by atoms with Crippen LogP contribution in [0.25, 0.3) is 5.70 Å². The first kappa shape index (κ1) is 18.1. The molecule has 2 aromatic carbocycles. The molecule has 136 valence electrons. The fraction of sp³-hybridized carbons (Fsp3) is 0.105. The van der Waals surface area contributed by atoms with Crippen molar-refractivity contribution in [2.24, 2.45) is 10.1 Å². The van der Waals surface area contributed by atoms with Gasteiger partial charge in [-0.25, -0.2) is 5.01 Å². The van der Waals surface area contributed by atoms with Gasteiger partial charge in [0.15, 0.2) is 11.3 Å². The summed E-state index contributed by atoms with van der Waals surface area (Å²) in [5, 5.41) is 11.8. The summed E-state index contributed by atoms with van der Waals surface area (Å²) in [6.45, 7) is 3.70. The van der Waals surface area contributed by atoms with Crippen molar-refractivity contribution in [3.05, 3.63) is 81.3 Å². The van der Waals surface area contributed by atoms with Crippen LogP contribution in [0, 0.1) is 0 Å². The third kappa shape index (κ3) is 3.25. The fourth-order valence-corrected chi connectivity index (χ4v) is 3.94. The Morgan fingerprint density at radius 1 is 1.22 bits per heavy atom. The molecule has 0 aliphatic carbocycles. The van der Waals surface area contributed by atoms with Gasteiger partial charge in [0.05, 0.1) is 15.4 Å². The number of benzene rings is 2. The molecule has 0 unspecified atom stereocenters. The van der Waals surface area contributed by atoms with Gasteiger partial charge in [-0.2, -0.15) is 0 Å². The number of rotatable bonds is 3. The molecule has 2 aliphatic heterocycles. The Labute approximate surface area is 170 Å². The summed E-state index contributed by atoms with van der Waals surface area (Å²) in [6.07, 6.45) is 1.16. The standard InChI is InChI=1S/C19H14Cl2N4OS/c1-2-10-27-19-23-18(26)16-11-6-3-4-9-14(11)22-17(25(16)24-19)12-7-5-8-13(20)15(12)21/h2-9,17H,1,10H2,(H,23,24,26)/t17-/m1/s1. The van der Waals surface area contributed by atoms with Crippen LogP contribution in [0.3, 0.4) is 0 Å². The van der Waals surface area contributed by atoms with Crippen molar-refractivity contribution < 1.29 is 4.79 Å². The van der Waals surface area contributed by atoms with E-state index in [0.717, 1.165) is 5.22 Å². The van der Waals surface area contributed by atoms with Crippen LogP contribution in [-0.2, 0) is 4.79 Å². The van der Waals surface area contributed by atoms with Crippen LogP contribution in [0.15, 0.2) is 65.2 Å². The number of halogens is 2. The first-order valence-electron chi connectivity index (χ1n) is 8.14. The predicted molar refractivity (Wildman–Crippen MR) is 110 cm³/mol. The molecule has 1 amide bonds. The average molecular weight is 417 g/mol. The lowest BCUT2D eigenvalue weighted by Gasteiger charge is -2.34. The molecule has 2 aliphatic rings. The molecule has 0 aromatic heterocycles. The van der Waals surface area contributed by atoms with Crippen LogP contribution in [-0.4, -0.2) is 21.8 Å². The quantitative estimate of drug-likeness (QED) is 0.782. The Morgan fingerprint density at radius 3 is 2.85 bits per heavy atom. The Hall–Kier alpha value is -2.28. The van der Waals surface area contributed by atoms with Gasteiger partial charge in [0, 0.05) is 16.5 Å². The van der Waals surface area contributed by atoms with Crippen molar-refractivity contribution in [1.82, 2.24) is 10.3 Å². The molecule has 0 radical (unpaired) electrons. The fourth-order valence-electron chi connectivity index (χ4n) is 2.95. The number of para-hydroxylation sites is 1. The van der Waals surface area contributed by atoms with E-state index < -0.39 is 6.17 Å². The van der Waals surface area contributed by atoms with E-state index in [4.69, 9.17) is 28.2 Å². The van der Waals surface area contributed by atoms with Crippen molar-refractivity contribution in [3.63, 3.8) is 0 Å². The second-order valence-electron chi connectivity index (χ2n) is 5.82. The van der Waals surface area contributed by atoms with E-state index in [0.29, 0.717) is 37.6 Å². The molecular weight excluding hydrogens is 403 g/mol. The van der Waals surface area contributed by atoms with E-state index >= 15 is 0 Å². The molecule has 4 rings (SSSR count). The maximum Gasteiger partial charge on any atom is 0.276 e. The smallest absolute Gasteiger partial charge is 0.276 e. The van der Waals surface area contributed by atoms with Gasteiger partial charge in [-0.3, -0.25) is 15.1 Å². The second-order valence-corrected chi connectivity index (χ2v) is 7.61. The Bertz CT molecular complexity index is 1100. The van der Waals surface area contributed by atoms with Gasteiger partial charge >= 0.3 is 0 Å². The zero-order valence-corrected chi connectivity index (χ0v) is 16.4. The summed E-state index contributed by atoms with van der Waals surface area (Å²) >= 11 is 14.0. The number of thioether (sulfide) groups is 1. The Balaban J connectivity index is 1.95. The first-order chi connectivity index (χ1) is 13.1. The van der Waals surface area contributed by atoms with Crippen LogP contribution in [0.4, 0.5) is 0 Å². The van der Waals surface area contributed by atoms with E-state index in [2.05, 4.69) is 17.0 Å². The molecule has 27 heavy (non-hydrogen) atoms. The van der Waals surface area contributed by atoms with Crippen LogP contribution in [0.5, 0.6) is 0 Å². The van der Waals surface area contributed by atoms with Crippen molar-refractivity contribution in [2.45, 2.75) is 6.17 Å². The van der Waals surface area contributed by atoms with E-state index in [1.54, 1.807) is 23.2 Å². The molecule has 1 N–H and O–H groups in total. The number of nitrogens with zero attached hydrogens (tertiary/aromatic N) is 3. The number of nitrogens with one attached hydrogen (secondary N) is 1. The summed E-state index contributed by atoms with van der Waals surface area (Å²) in [4.78, 5) is 17.7. The highest BCUT2D eigenvalue weighted by molar-refractivity contribution is 8.14. The number of hydrazone groups is 1. The van der Waals surface area contributed by atoms with Gasteiger partial charge in [-0.05, 0) is 12.1 Å². The van der Waals surface area contributed by atoms with Crippen LogP contribution in [0.1, 0.15) is 11.7 Å². The summed E-state index contributed by atoms with van der Waals surface area (Å²) in [6, 6.07) is 12.8. The molecule has 5 nitrogen and oxygen atoms in total. The lowest BCUT2D eigenvalue weighted by Crippen LogP contribution is -2.50. The molecule has 0 saturated heterocycles. The van der Waals surface area contributed by atoms with Crippen molar-refractivity contribution >= 4 is 51.7 Å². The van der Waals surface area contributed by atoms with Crippen molar-refractivity contribution in [1.29, 1.82) is 0 Å². The zero-order chi connectivity index (χ0) is 19.0. The topological polar surface area (TPSA) is 57.1 Å². The molecule has 0 saturated carbocycles. The van der Waals surface area contributed by atoms with Gasteiger partial charge in [-0.1, -0.05) is 71.4 Å². The predicted octanol–water partition coefficient (Wildman–Crippen LogP) is 3.06. The van der Waals surface area contributed by atoms with Crippen molar-refractivity contribution in [3.8, 4) is 0 Å². The van der Waals surface area contributed by atoms with Crippen LogP contribution < -0.4 is 15.9 Å². The highest BCUT2D eigenvalue weighted by atomic mass is 35.5. The average Bonchev–Trinajstić information content (AvgIpc) is 2.67. The number of amidine groups is 1. The van der Waals surface area contributed by atoms with Gasteiger partial charge in [0.2, 0.25) is 0 Å². The Kier molecular flexibility index (Phi) is 4.95. The lowest BCUT2D eigenvalue weighted by atomic mass is 10.1. The van der Waals surface area contributed by atoms with Gasteiger partial charge < -0.3 is 0 Å². The summed E-state index contributed by atoms with van der Waals surface area (Å²) in [5.41, 5.74) is 1.12. The van der Waals surface area contributed by atoms with Crippen molar-refractivity contribution in [2.75, 3.05) is 5.75 Å². The monoisotopic (exact) mass is 416 g/mol. The molecular formula is C19H14Cl2N4OS.